The summed E-state index contributed by atoms with van der Waals surface area (Å²) in [6.07, 6.45) is -0.548. The minimum Gasteiger partial charge on any atom is -0.383 e. The average Bonchev–Trinajstić information content (AvgIpc) is 2.73. The van der Waals surface area contributed by atoms with Gasteiger partial charge in [0.15, 0.2) is 0 Å². The van der Waals surface area contributed by atoms with Crippen LogP contribution in [0.5, 0.6) is 0 Å². The smallest absolute Gasteiger partial charge is 0.383 e. The first-order valence-corrected chi connectivity index (χ1v) is 9.06. The number of nitrogens with zero attached hydrogens (tertiary/aromatic N) is 4. The van der Waals surface area contributed by atoms with E-state index in [1.165, 1.54) is 23.2 Å². The number of fused-ring (bicyclic) bond motifs is 1. The number of nitrogen functional groups attached to an aromatic ring is 1. The molecule has 156 valence electrons. The van der Waals surface area contributed by atoms with E-state index >= 15 is 0 Å². The largest absolute Gasteiger partial charge is 0.419 e. The van der Waals surface area contributed by atoms with Crippen LogP contribution in [0.2, 0.25) is 0 Å². The van der Waals surface area contributed by atoms with Crippen LogP contribution in [0.3, 0.4) is 0 Å². The molecule has 0 amide bonds. The molecule has 0 unspecified atom stereocenters. The Morgan fingerprint density at radius 3 is 2.42 bits per heavy atom. The van der Waals surface area contributed by atoms with Crippen molar-refractivity contribution in [2.75, 3.05) is 5.73 Å². The molecule has 0 saturated heterocycles. The normalized spacial score (nSPS) is 11.6. The molecule has 0 aliphatic rings. The highest BCUT2D eigenvalue weighted by Crippen LogP contribution is 2.35. The second-order valence-electron chi connectivity index (χ2n) is 6.87. The summed E-state index contributed by atoms with van der Waals surface area (Å²) in [4.78, 5) is 12.1. The Hall–Kier alpha value is -4.08. The van der Waals surface area contributed by atoms with Crippen molar-refractivity contribution in [3.05, 3.63) is 77.3 Å². The van der Waals surface area contributed by atoms with Gasteiger partial charge in [0.2, 0.25) is 0 Å². The number of aryl methyl sites for hydroxylation is 1. The fourth-order valence-electron chi connectivity index (χ4n) is 3.15. The van der Waals surface area contributed by atoms with Crippen LogP contribution < -0.4 is 11.2 Å². The molecule has 0 radical (unpaired) electrons. The first-order valence-electron chi connectivity index (χ1n) is 9.06. The van der Waals surface area contributed by atoms with Gasteiger partial charge in [0.05, 0.1) is 22.8 Å². The highest BCUT2D eigenvalue weighted by Gasteiger charge is 2.34. The third kappa shape index (κ3) is 3.75. The maximum Gasteiger partial charge on any atom is 0.419 e. The van der Waals surface area contributed by atoms with E-state index in [9.17, 15) is 13.2 Å². The van der Waals surface area contributed by atoms with Crippen molar-refractivity contribution in [1.29, 1.82) is 10.8 Å². The van der Waals surface area contributed by atoms with Crippen LogP contribution in [0.25, 0.3) is 22.2 Å². The van der Waals surface area contributed by atoms with Gasteiger partial charge in [-0.15, -0.1) is 0 Å². The van der Waals surface area contributed by atoms with Gasteiger partial charge in [-0.25, -0.2) is 4.98 Å². The second kappa shape index (κ2) is 7.31. The Morgan fingerprint density at radius 1 is 0.968 bits per heavy atom. The molecule has 0 saturated carbocycles. The number of hydrogen-bond acceptors (Lipinski definition) is 6. The zero-order valence-corrected chi connectivity index (χ0v) is 16.2. The van der Waals surface area contributed by atoms with Gasteiger partial charge in [-0.1, -0.05) is 6.07 Å². The van der Waals surface area contributed by atoms with Crippen molar-refractivity contribution >= 4 is 22.7 Å². The molecule has 0 bridgehead atoms. The van der Waals surface area contributed by atoms with E-state index in [1.807, 2.05) is 6.92 Å². The van der Waals surface area contributed by atoms with Crippen molar-refractivity contribution in [2.45, 2.75) is 13.1 Å². The summed E-state index contributed by atoms with van der Waals surface area (Å²) in [5.41, 5.74) is 7.07. The predicted molar refractivity (Wildman–Crippen MR) is 109 cm³/mol. The summed E-state index contributed by atoms with van der Waals surface area (Å²) in [6.45, 7) is 1.82. The molecule has 3 heterocycles. The average molecular weight is 423 g/mol. The minimum absolute atomic E-state index is 0.00605. The summed E-state index contributed by atoms with van der Waals surface area (Å²) in [6, 6.07) is 9.19. The number of halogens is 3. The Morgan fingerprint density at radius 2 is 1.74 bits per heavy atom. The van der Waals surface area contributed by atoms with Crippen molar-refractivity contribution in [2.24, 2.45) is 0 Å². The van der Waals surface area contributed by atoms with Crippen LogP contribution >= 0.6 is 0 Å². The molecule has 0 fully saturated rings. The molecule has 31 heavy (non-hydrogen) atoms. The minimum atomic E-state index is -4.64. The van der Waals surface area contributed by atoms with Crippen molar-refractivity contribution < 1.29 is 13.2 Å². The maximum atomic E-state index is 13.2. The number of pyridine rings is 2. The molecule has 0 atom stereocenters. The first kappa shape index (κ1) is 20.2. The van der Waals surface area contributed by atoms with Crippen LogP contribution in [-0.2, 0) is 6.18 Å². The highest BCUT2D eigenvalue weighted by atomic mass is 19.4. The summed E-state index contributed by atoms with van der Waals surface area (Å²) >= 11 is 0. The third-order valence-corrected chi connectivity index (χ3v) is 4.75. The summed E-state index contributed by atoms with van der Waals surface area (Å²) in [5, 5.41) is 16.8. The van der Waals surface area contributed by atoms with E-state index in [0.29, 0.717) is 22.2 Å². The quantitative estimate of drug-likeness (QED) is 0.336. The monoisotopic (exact) mass is 423 g/mol. The molecule has 4 N–H and O–H groups in total. The van der Waals surface area contributed by atoms with Gasteiger partial charge in [0.1, 0.15) is 17.1 Å². The highest BCUT2D eigenvalue weighted by molar-refractivity contribution is 6.02. The molecule has 4 aromatic rings. The molecule has 1 aromatic carbocycles. The summed E-state index contributed by atoms with van der Waals surface area (Å²) in [5.74, 6) is -0.607. The van der Waals surface area contributed by atoms with Crippen molar-refractivity contribution in [3.63, 3.8) is 0 Å². The molecule has 3 aromatic heterocycles. The lowest BCUT2D eigenvalue weighted by Gasteiger charge is -2.14. The van der Waals surface area contributed by atoms with Gasteiger partial charge in [-0.2, -0.15) is 13.2 Å². The van der Waals surface area contributed by atoms with E-state index in [0.717, 1.165) is 11.8 Å². The molecule has 10 heteroatoms. The Balaban J connectivity index is 1.90. The van der Waals surface area contributed by atoms with Crippen LogP contribution in [0.1, 0.15) is 16.8 Å². The number of nitrogens with one attached hydrogen (secondary N) is 2. The molecular weight excluding hydrogens is 407 g/mol. The van der Waals surface area contributed by atoms with Gasteiger partial charge in [0.25, 0.3) is 0 Å². The zero-order chi connectivity index (χ0) is 22.3. The molecule has 0 aliphatic heterocycles. The van der Waals surface area contributed by atoms with E-state index in [4.69, 9.17) is 16.6 Å². The standard InChI is InChI=1S/C21H16F3N7/c1-11-2-3-13(8-28-11)20(27)31-17-7-12(4-5-16(17)29-10-18(31)25)14-6-15(21(22,23)24)19(26)30-9-14/h2-10,25,27H,1H3,(H2,26,30). The number of benzene rings is 1. The molecular formula is C21H16F3N7. The van der Waals surface area contributed by atoms with Crippen LogP contribution in [0.4, 0.5) is 19.0 Å². The number of hydrogen-bond donors (Lipinski definition) is 3. The van der Waals surface area contributed by atoms with Crippen molar-refractivity contribution in [1.82, 2.24) is 19.5 Å². The van der Waals surface area contributed by atoms with E-state index in [1.54, 1.807) is 30.3 Å². The lowest BCUT2D eigenvalue weighted by Crippen LogP contribution is -2.28. The second-order valence-corrected chi connectivity index (χ2v) is 6.87. The fraction of sp³-hybridized carbons (Fsp3) is 0.0952. The number of aromatic nitrogens is 4. The van der Waals surface area contributed by atoms with Crippen LogP contribution in [0.15, 0.2) is 55.0 Å². The van der Waals surface area contributed by atoms with E-state index < -0.39 is 17.6 Å². The van der Waals surface area contributed by atoms with Crippen molar-refractivity contribution in [3.8, 4) is 11.1 Å². The number of nitrogens with two attached hydrogens (primary N) is 1. The Kier molecular flexibility index (Phi) is 4.77. The summed E-state index contributed by atoms with van der Waals surface area (Å²) in [7, 11) is 0. The van der Waals surface area contributed by atoms with E-state index in [2.05, 4.69) is 15.0 Å². The summed E-state index contributed by atoms with van der Waals surface area (Å²) < 4.78 is 41.1. The first-order chi connectivity index (χ1) is 14.6. The number of anilines is 1. The molecule has 0 aliphatic carbocycles. The Labute approximate surface area is 174 Å². The molecule has 0 spiro atoms. The molecule has 4 rings (SSSR count). The lowest BCUT2D eigenvalue weighted by molar-refractivity contribution is -0.137. The van der Waals surface area contributed by atoms with E-state index in [-0.39, 0.29) is 16.9 Å². The van der Waals surface area contributed by atoms with Gasteiger partial charge in [0, 0.05) is 29.2 Å². The van der Waals surface area contributed by atoms with Gasteiger partial charge < -0.3 is 5.73 Å². The SMILES string of the molecule is Cc1ccc(C(=N)n2c(=N)cnc3ccc(-c4cnc(N)c(C(F)(F)F)c4)cc32)cn1. The third-order valence-electron chi connectivity index (χ3n) is 4.75. The Bertz CT molecular complexity index is 1370. The van der Waals surface area contributed by atoms with Gasteiger partial charge >= 0.3 is 6.18 Å². The molecule has 7 nitrogen and oxygen atoms in total. The zero-order valence-electron chi connectivity index (χ0n) is 16.2. The van der Waals surface area contributed by atoms with Gasteiger partial charge in [-0.05, 0) is 42.8 Å². The lowest BCUT2D eigenvalue weighted by atomic mass is 10.0. The fourth-order valence-corrected chi connectivity index (χ4v) is 3.15. The van der Waals surface area contributed by atoms with Crippen LogP contribution in [-0.4, -0.2) is 25.4 Å². The predicted octanol–water partition coefficient (Wildman–Crippen LogP) is 3.76. The number of rotatable bonds is 2. The number of alkyl halides is 3. The van der Waals surface area contributed by atoms with Crippen LogP contribution in [0, 0.1) is 17.7 Å². The van der Waals surface area contributed by atoms with Gasteiger partial charge in [-0.3, -0.25) is 25.4 Å². The maximum absolute atomic E-state index is 13.2. The topological polar surface area (TPSA) is 117 Å².